The summed E-state index contributed by atoms with van der Waals surface area (Å²) in [5, 5.41) is 7.99. The predicted molar refractivity (Wildman–Crippen MR) is 63.3 cm³/mol. The monoisotopic (exact) mass is 223 g/mol. The van der Waals surface area contributed by atoms with Crippen molar-refractivity contribution < 1.29 is 4.74 Å². The van der Waals surface area contributed by atoms with Gasteiger partial charge in [-0.05, 0) is 19.3 Å². The number of aryl methyl sites for hydroxylation is 2. The SMILES string of the molecule is CCc1nn(C)cc1CNC1CCCOC1. The molecule has 1 fully saturated rings. The van der Waals surface area contributed by atoms with Crippen LogP contribution in [0.1, 0.15) is 31.0 Å². The van der Waals surface area contributed by atoms with Gasteiger partial charge in [0, 0.05) is 38.0 Å². The highest BCUT2D eigenvalue weighted by Gasteiger charge is 2.14. The molecular formula is C12H21N3O. The Morgan fingerprint density at radius 3 is 3.19 bits per heavy atom. The fourth-order valence-corrected chi connectivity index (χ4v) is 2.18. The molecule has 1 aliphatic heterocycles. The van der Waals surface area contributed by atoms with Gasteiger partial charge in [-0.1, -0.05) is 6.92 Å². The maximum Gasteiger partial charge on any atom is 0.0666 e. The summed E-state index contributed by atoms with van der Waals surface area (Å²) in [4.78, 5) is 0. The van der Waals surface area contributed by atoms with E-state index in [-0.39, 0.29) is 0 Å². The number of nitrogens with zero attached hydrogens (tertiary/aromatic N) is 2. The molecule has 2 heterocycles. The van der Waals surface area contributed by atoms with E-state index in [1.54, 1.807) is 0 Å². The van der Waals surface area contributed by atoms with Gasteiger partial charge in [0.05, 0.1) is 12.3 Å². The fourth-order valence-electron chi connectivity index (χ4n) is 2.18. The molecule has 1 unspecified atom stereocenters. The quantitative estimate of drug-likeness (QED) is 0.835. The van der Waals surface area contributed by atoms with Crippen molar-refractivity contribution in [2.24, 2.45) is 7.05 Å². The molecule has 1 aromatic heterocycles. The molecule has 1 saturated heterocycles. The smallest absolute Gasteiger partial charge is 0.0666 e. The average molecular weight is 223 g/mol. The van der Waals surface area contributed by atoms with Crippen LogP contribution in [-0.4, -0.2) is 29.0 Å². The molecule has 0 aliphatic carbocycles. The van der Waals surface area contributed by atoms with Crippen molar-refractivity contribution in [1.29, 1.82) is 0 Å². The Kier molecular flexibility index (Phi) is 3.96. The van der Waals surface area contributed by atoms with Gasteiger partial charge < -0.3 is 10.1 Å². The summed E-state index contributed by atoms with van der Waals surface area (Å²) in [6.45, 7) is 4.83. The molecule has 1 N–H and O–H groups in total. The summed E-state index contributed by atoms with van der Waals surface area (Å²) in [6, 6.07) is 0.513. The number of rotatable bonds is 4. The zero-order chi connectivity index (χ0) is 11.4. The van der Waals surface area contributed by atoms with E-state index in [4.69, 9.17) is 4.74 Å². The zero-order valence-electron chi connectivity index (χ0n) is 10.2. The van der Waals surface area contributed by atoms with Gasteiger partial charge in [-0.15, -0.1) is 0 Å². The third kappa shape index (κ3) is 2.83. The highest BCUT2D eigenvalue weighted by Crippen LogP contribution is 2.10. The van der Waals surface area contributed by atoms with E-state index in [1.807, 2.05) is 11.7 Å². The molecule has 0 bridgehead atoms. The maximum absolute atomic E-state index is 5.45. The minimum Gasteiger partial charge on any atom is -0.380 e. The van der Waals surface area contributed by atoms with Crippen molar-refractivity contribution in [3.05, 3.63) is 17.5 Å². The zero-order valence-corrected chi connectivity index (χ0v) is 10.2. The lowest BCUT2D eigenvalue weighted by atomic mass is 10.1. The lowest BCUT2D eigenvalue weighted by Crippen LogP contribution is -2.36. The Morgan fingerprint density at radius 2 is 2.50 bits per heavy atom. The maximum atomic E-state index is 5.45. The van der Waals surface area contributed by atoms with E-state index in [0.717, 1.165) is 26.2 Å². The normalized spacial score (nSPS) is 21.2. The van der Waals surface area contributed by atoms with Crippen molar-refractivity contribution in [2.45, 2.75) is 38.8 Å². The highest BCUT2D eigenvalue weighted by atomic mass is 16.5. The Labute approximate surface area is 97.0 Å². The van der Waals surface area contributed by atoms with Crippen molar-refractivity contribution in [2.75, 3.05) is 13.2 Å². The molecule has 1 aliphatic rings. The first-order chi connectivity index (χ1) is 7.79. The topological polar surface area (TPSA) is 39.1 Å². The van der Waals surface area contributed by atoms with Gasteiger partial charge >= 0.3 is 0 Å². The second kappa shape index (κ2) is 5.46. The third-order valence-corrected chi connectivity index (χ3v) is 3.07. The minimum absolute atomic E-state index is 0.513. The Balaban J connectivity index is 1.87. The standard InChI is InChI=1S/C12H21N3O/c1-3-12-10(8-15(2)14-12)7-13-11-5-4-6-16-9-11/h8,11,13H,3-7,9H2,1-2H3. The first-order valence-corrected chi connectivity index (χ1v) is 6.12. The van der Waals surface area contributed by atoms with Gasteiger partial charge in [0.15, 0.2) is 0 Å². The second-order valence-electron chi connectivity index (χ2n) is 4.42. The molecule has 0 radical (unpaired) electrons. The van der Waals surface area contributed by atoms with Crippen LogP contribution in [0.25, 0.3) is 0 Å². The number of aromatic nitrogens is 2. The van der Waals surface area contributed by atoms with Gasteiger partial charge in [-0.2, -0.15) is 5.10 Å². The third-order valence-electron chi connectivity index (χ3n) is 3.07. The first kappa shape index (κ1) is 11.6. The summed E-state index contributed by atoms with van der Waals surface area (Å²) in [7, 11) is 1.98. The van der Waals surface area contributed by atoms with Crippen LogP contribution in [-0.2, 0) is 24.8 Å². The Bertz CT molecular complexity index is 329. The number of hydrogen-bond acceptors (Lipinski definition) is 3. The summed E-state index contributed by atoms with van der Waals surface area (Å²) >= 11 is 0. The average Bonchev–Trinajstić information content (AvgIpc) is 2.68. The van der Waals surface area contributed by atoms with Crippen LogP contribution in [0.3, 0.4) is 0 Å². The van der Waals surface area contributed by atoms with E-state index in [9.17, 15) is 0 Å². The summed E-state index contributed by atoms with van der Waals surface area (Å²) in [6.07, 6.45) is 5.50. The predicted octanol–water partition coefficient (Wildman–Crippen LogP) is 1.25. The summed E-state index contributed by atoms with van der Waals surface area (Å²) in [5.74, 6) is 0. The van der Waals surface area contributed by atoms with Crippen LogP contribution in [0.2, 0.25) is 0 Å². The van der Waals surface area contributed by atoms with Crippen LogP contribution in [0.15, 0.2) is 6.20 Å². The molecule has 4 nitrogen and oxygen atoms in total. The molecular weight excluding hydrogens is 202 g/mol. The van der Waals surface area contributed by atoms with Crippen molar-refractivity contribution >= 4 is 0 Å². The summed E-state index contributed by atoms with van der Waals surface area (Å²) < 4.78 is 7.35. The molecule has 4 heteroatoms. The van der Waals surface area contributed by atoms with Gasteiger partial charge in [-0.25, -0.2) is 0 Å². The molecule has 1 aromatic rings. The van der Waals surface area contributed by atoms with Crippen LogP contribution in [0.5, 0.6) is 0 Å². The van der Waals surface area contributed by atoms with Crippen LogP contribution >= 0.6 is 0 Å². The van der Waals surface area contributed by atoms with Crippen molar-refractivity contribution in [3.8, 4) is 0 Å². The lowest BCUT2D eigenvalue weighted by molar-refractivity contribution is 0.0699. The molecule has 16 heavy (non-hydrogen) atoms. The van der Waals surface area contributed by atoms with E-state index in [1.165, 1.54) is 24.1 Å². The molecule has 0 saturated carbocycles. The van der Waals surface area contributed by atoms with Crippen LogP contribution < -0.4 is 5.32 Å². The number of hydrogen-bond donors (Lipinski definition) is 1. The molecule has 90 valence electrons. The van der Waals surface area contributed by atoms with Crippen molar-refractivity contribution in [3.63, 3.8) is 0 Å². The van der Waals surface area contributed by atoms with E-state index >= 15 is 0 Å². The Morgan fingerprint density at radius 1 is 1.62 bits per heavy atom. The molecule has 0 amide bonds. The van der Waals surface area contributed by atoms with Crippen LogP contribution in [0.4, 0.5) is 0 Å². The van der Waals surface area contributed by atoms with E-state index < -0.39 is 0 Å². The van der Waals surface area contributed by atoms with E-state index in [0.29, 0.717) is 6.04 Å². The molecule has 2 rings (SSSR count). The molecule has 0 spiro atoms. The van der Waals surface area contributed by atoms with Crippen LogP contribution in [0, 0.1) is 0 Å². The molecule has 1 atom stereocenters. The molecule has 0 aromatic carbocycles. The van der Waals surface area contributed by atoms with E-state index in [2.05, 4.69) is 23.5 Å². The van der Waals surface area contributed by atoms with Gasteiger partial charge in [0.25, 0.3) is 0 Å². The minimum atomic E-state index is 0.513. The fraction of sp³-hybridized carbons (Fsp3) is 0.750. The van der Waals surface area contributed by atoms with Crippen molar-refractivity contribution in [1.82, 2.24) is 15.1 Å². The number of nitrogens with one attached hydrogen (secondary N) is 1. The largest absolute Gasteiger partial charge is 0.380 e. The number of ether oxygens (including phenoxy) is 1. The Hall–Kier alpha value is -0.870. The summed E-state index contributed by atoms with van der Waals surface area (Å²) in [5.41, 5.74) is 2.52. The highest BCUT2D eigenvalue weighted by molar-refractivity contribution is 5.16. The first-order valence-electron chi connectivity index (χ1n) is 6.12. The second-order valence-corrected chi connectivity index (χ2v) is 4.42. The van der Waals surface area contributed by atoms with Gasteiger partial charge in [0.2, 0.25) is 0 Å². The van der Waals surface area contributed by atoms with Gasteiger partial charge in [0.1, 0.15) is 0 Å². The van der Waals surface area contributed by atoms with Gasteiger partial charge in [-0.3, -0.25) is 4.68 Å². The lowest BCUT2D eigenvalue weighted by Gasteiger charge is -2.23.